The van der Waals surface area contributed by atoms with Gasteiger partial charge >= 0.3 is 0 Å². The Morgan fingerprint density at radius 3 is 2.48 bits per heavy atom. The lowest BCUT2D eigenvalue weighted by molar-refractivity contribution is -0.132. The van der Waals surface area contributed by atoms with E-state index in [1.807, 2.05) is 0 Å². The molecular weight excluding hydrogens is 349 g/mol. The van der Waals surface area contributed by atoms with Gasteiger partial charge in [0, 0.05) is 32.7 Å². The number of benzene rings is 2. The Bertz CT molecular complexity index is 792. The Balaban J connectivity index is 1.65. The number of anilines is 1. The fourth-order valence-electron chi connectivity index (χ4n) is 3.12. The average molecular weight is 373 g/mol. The van der Waals surface area contributed by atoms with Crippen molar-refractivity contribution < 1.29 is 19.0 Å². The molecule has 2 aromatic carbocycles. The zero-order valence-corrected chi connectivity index (χ0v) is 15.1. The van der Waals surface area contributed by atoms with Crippen molar-refractivity contribution in [2.45, 2.75) is 6.42 Å². The number of para-hydroxylation sites is 2. The van der Waals surface area contributed by atoms with Gasteiger partial charge in [-0.15, -0.1) is 0 Å². The molecule has 0 spiro atoms. The minimum absolute atomic E-state index is 0.00612. The maximum Gasteiger partial charge on any atom is 0.227 e. The van der Waals surface area contributed by atoms with E-state index in [2.05, 4.69) is 4.90 Å². The van der Waals surface area contributed by atoms with E-state index in [0.717, 1.165) is 13.1 Å². The molecule has 0 radical (unpaired) electrons. The Morgan fingerprint density at radius 1 is 1.07 bits per heavy atom. The Kier molecular flexibility index (Phi) is 6.26. The first-order valence-corrected chi connectivity index (χ1v) is 8.99. The maximum absolute atomic E-state index is 13.8. The van der Waals surface area contributed by atoms with Gasteiger partial charge in [0.25, 0.3) is 0 Å². The number of halogens is 1. The van der Waals surface area contributed by atoms with E-state index in [0.29, 0.717) is 36.6 Å². The molecule has 1 heterocycles. The van der Waals surface area contributed by atoms with Crippen molar-refractivity contribution in [1.29, 1.82) is 0 Å². The molecule has 3 rings (SSSR count). The normalized spacial score (nSPS) is 15.0. The van der Waals surface area contributed by atoms with E-state index in [4.69, 9.17) is 15.6 Å². The summed E-state index contributed by atoms with van der Waals surface area (Å²) in [5, 5.41) is 9.00. The second-order valence-electron chi connectivity index (χ2n) is 6.48. The molecule has 144 valence electrons. The van der Waals surface area contributed by atoms with Crippen LogP contribution in [0.3, 0.4) is 0 Å². The smallest absolute Gasteiger partial charge is 0.227 e. The zero-order chi connectivity index (χ0) is 19.2. The molecule has 0 aromatic heterocycles. The number of piperazine rings is 1. The number of nitrogen functional groups attached to an aromatic ring is 1. The number of carbonyl (C=O) groups excluding carboxylic acids is 1. The van der Waals surface area contributed by atoms with Crippen LogP contribution in [0, 0.1) is 5.82 Å². The number of carbonyl (C=O) groups is 1. The van der Waals surface area contributed by atoms with Crippen LogP contribution in [-0.4, -0.2) is 60.1 Å². The van der Waals surface area contributed by atoms with Crippen molar-refractivity contribution in [1.82, 2.24) is 9.80 Å². The summed E-state index contributed by atoms with van der Waals surface area (Å²) in [4.78, 5) is 16.5. The van der Waals surface area contributed by atoms with Gasteiger partial charge in [-0.2, -0.15) is 0 Å². The Labute approximate surface area is 157 Å². The molecule has 0 saturated carbocycles. The van der Waals surface area contributed by atoms with Gasteiger partial charge in [0.05, 0.1) is 18.7 Å². The fraction of sp³-hybridized carbons (Fsp3) is 0.350. The molecule has 0 bridgehead atoms. The lowest BCUT2D eigenvalue weighted by atomic mass is 10.1. The molecule has 1 fully saturated rings. The number of aliphatic hydroxyl groups is 1. The number of hydrogen-bond acceptors (Lipinski definition) is 5. The van der Waals surface area contributed by atoms with Gasteiger partial charge in [-0.25, -0.2) is 4.39 Å². The first kappa shape index (κ1) is 19.1. The SMILES string of the molecule is Nc1c(CC(=O)N2CCN(CCO)CC2)cccc1Oc1ccccc1F. The lowest BCUT2D eigenvalue weighted by Gasteiger charge is -2.34. The highest BCUT2D eigenvalue weighted by Crippen LogP contribution is 2.31. The summed E-state index contributed by atoms with van der Waals surface area (Å²) >= 11 is 0. The second-order valence-corrected chi connectivity index (χ2v) is 6.48. The average Bonchev–Trinajstić information content (AvgIpc) is 2.67. The number of nitrogens with two attached hydrogens (primary N) is 1. The van der Waals surface area contributed by atoms with Gasteiger partial charge < -0.3 is 20.5 Å². The summed E-state index contributed by atoms with van der Waals surface area (Å²) in [5.74, 6) is -0.0571. The van der Waals surface area contributed by atoms with Crippen LogP contribution in [0.25, 0.3) is 0 Å². The number of hydrogen-bond donors (Lipinski definition) is 2. The van der Waals surface area contributed by atoms with Crippen LogP contribution in [0.15, 0.2) is 42.5 Å². The number of β-amino-alcohol motifs (C(OH)–C–C–N with tert-alkyl or cyclic N) is 1. The topological polar surface area (TPSA) is 79.0 Å². The van der Waals surface area contributed by atoms with E-state index in [9.17, 15) is 9.18 Å². The van der Waals surface area contributed by atoms with Crippen LogP contribution >= 0.6 is 0 Å². The van der Waals surface area contributed by atoms with E-state index in [1.54, 1.807) is 35.2 Å². The van der Waals surface area contributed by atoms with E-state index < -0.39 is 5.82 Å². The van der Waals surface area contributed by atoms with Crippen LogP contribution in [0.4, 0.5) is 10.1 Å². The third-order valence-electron chi connectivity index (χ3n) is 4.70. The summed E-state index contributed by atoms with van der Waals surface area (Å²) < 4.78 is 19.4. The largest absolute Gasteiger partial charge is 0.452 e. The van der Waals surface area contributed by atoms with Gasteiger partial charge in [-0.05, 0) is 23.8 Å². The highest BCUT2D eigenvalue weighted by molar-refractivity contribution is 5.81. The second kappa shape index (κ2) is 8.83. The van der Waals surface area contributed by atoms with E-state index in [1.165, 1.54) is 12.1 Å². The van der Waals surface area contributed by atoms with Crippen LogP contribution in [0.5, 0.6) is 11.5 Å². The monoisotopic (exact) mass is 373 g/mol. The van der Waals surface area contributed by atoms with Crippen molar-refractivity contribution in [2.75, 3.05) is 45.1 Å². The van der Waals surface area contributed by atoms with Gasteiger partial charge in [0.15, 0.2) is 17.3 Å². The standard InChI is InChI=1S/C20H24FN3O3/c21-16-5-1-2-6-17(16)27-18-7-3-4-15(20(18)22)14-19(26)24-10-8-23(9-11-24)12-13-25/h1-7,25H,8-14,22H2. The third kappa shape index (κ3) is 4.75. The minimum Gasteiger partial charge on any atom is -0.452 e. The predicted octanol–water partition coefficient (Wildman–Crippen LogP) is 1.88. The molecule has 1 amide bonds. The van der Waals surface area contributed by atoms with Crippen molar-refractivity contribution in [3.63, 3.8) is 0 Å². The molecule has 2 aromatic rings. The molecule has 7 heteroatoms. The molecule has 1 saturated heterocycles. The highest BCUT2D eigenvalue weighted by atomic mass is 19.1. The quantitative estimate of drug-likeness (QED) is 0.756. The maximum atomic E-state index is 13.8. The summed E-state index contributed by atoms with van der Waals surface area (Å²) in [6.07, 6.45) is 0.167. The molecule has 0 aliphatic carbocycles. The van der Waals surface area contributed by atoms with Crippen molar-refractivity contribution in [2.24, 2.45) is 0 Å². The Morgan fingerprint density at radius 2 is 1.78 bits per heavy atom. The van der Waals surface area contributed by atoms with Crippen molar-refractivity contribution >= 4 is 11.6 Å². The summed E-state index contributed by atoms with van der Waals surface area (Å²) in [5.41, 5.74) is 7.17. The van der Waals surface area contributed by atoms with Crippen LogP contribution < -0.4 is 10.5 Å². The first-order valence-electron chi connectivity index (χ1n) is 8.99. The van der Waals surface area contributed by atoms with Gasteiger partial charge in [-0.1, -0.05) is 24.3 Å². The van der Waals surface area contributed by atoms with Gasteiger partial charge in [0.1, 0.15) is 0 Å². The summed E-state index contributed by atoms with van der Waals surface area (Å²) in [7, 11) is 0. The van der Waals surface area contributed by atoms with Crippen LogP contribution in [0.2, 0.25) is 0 Å². The van der Waals surface area contributed by atoms with Crippen LogP contribution in [-0.2, 0) is 11.2 Å². The molecule has 0 atom stereocenters. The summed E-state index contributed by atoms with van der Waals surface area (Å²) in [6, 6.07) is 11.3. The molecule has 6 nitrogen and oxygen atoms in total. The zero-order valence-electron chi connectivity index (χ0n) is 15.1. The molecule has 1 aliphatic rings. The number of aliphatic hydroxyl groups excluding tert-OH is 1. The summed E-state index contributed by atoms with van der Waals surface area (Å²) in [6.45, 7) is 3.51. The predicted molar refractivity (Wildman–Crippen MR) is 101 cm³/mol. The van der Waals surface area contributed by atoms with E-state index in [-0.39, 0.29) is 24.7 Å². The number of amides is 1. The molecule has 0 unspecified atom stereocenters. The third-order valence-corrected chi connectivity index (χ3v) is 4.70. The van der Waals surface area contributed by atoms with Crippen molar-refractivity contribution in [3.8, 4) is 11.5 Å². The molecular formula is C20H24FN3O3. The highest BCUT2D eigenvalue weighted by Gasteiger charge is 2.22. The molecule has 1 aliphatic heterocycles. The van der Waals surface area contributed by atoms with Crippen molar-refractivity contribution in [3.05, 3.63) is 53.8 Å². The minimum atomic E-state index is -0.473. The lowest BCUT2D eigenvalue weighted by Crippen LogP contribution is -2.49. The first-order chi connectivity index (χ1) is 13.1. The fourth-order valence-corrected chi connectivity index (χ4v) is 3.12. The van der Waals surface area contributed by atoms with Gasteiger partial charge in [-0.3, -0.25) is 9.69 Å². The molecule has 3 N–H and O–H groups in total. The number of rotatable bonds is 6. The number of ether oxygens (including phenoxy) is 1. The van der Waals surface area contributed by atoms with Gasteiger partial charge in [0.2, 0.25) is 5.91 Å². The van der Waals surface area contributed by atoms with Crippen LogP contribution in [0.1, 0.15) is 5.56 Å². The van der Waals surface area contributed by atoms with E-state index >= 15 is 0 Å². The number of nitrogens with zero attached hydrogens (tertiary/aromatic N) is 2. The molecule has 27 heavy (non-hydrogen) atoms. The Hall–Kier alpha value is -2.64.